The fourth-order valence-corrected chi connectivity index (χ4v) is 2.06. The SMILES string of the molecule is O=C(CNCc1ccco1)NC1CCCC1. The zero-order chi connectivity index (χ0) is 11.2. The Bertz CT molecular complexity index is 316. The second kappa shape index (κ2) is 5.70. The van der Waals surface area contributed by atoms with Crippen LogP contribution in [0.1, 0.15) is 31.4 Å². The smallest absolute Gasteiger partial charge is 0.234 e. The molecule has 0 spiro atoms. The van der Waals surface area contributed by atoms with Gasteiger partial charge in [0.15, 0.2) is 0 Å². The maximum absolute atomic E-state index is 11.5. The molecule has 1 fully saturated rings. The largest absolute Gasteiger partial charge is 0.468 e. The molecule has 0 saturated heterocycles. The first kappa shape index (κ1) is 11.2. The van der Waals surface area contributed by atoms with Gasteiger partial charge in [-0.15, -0.1) is 0 Å². The molecule has 0 aromatic carbocycles. The zero-order valence-corrected chi connectivity index (χ0v) is 9.37. The van der Waals surface area contributed by atoms with Crippen LogP contribution < -0.4 is 10.6 Å². The van der Waals surface area contributed by atoms with Crippen LogP contribution in [0.3, 0.4) is 0 Å². The van der Waals surface area contributed by atoms with Gasteiger partial charge in [-0.25, -0.2) is 0 Å². The van der Waals surface area contributed by atoms with Gasteiger partial charge in [0.05, 0.1) is 19.4 Å². The summed E-state index contributed by atoms with van der Waals surface area (Å²) in [5, 5.41) is 6.08. The average Bonchev–Trinajstić information content (AvgIpc) is 2.90. The van der Waals surface area contributed by atoms with Crippen molar-refractivity contribution in [2.45, 2.75) is 38.3 Å². The summed E-state index contributed by atoms with van der Waals surface area (Å²) < 4.78 is 5.15. The quantitative estimate of drug-likeness (QED) is 0.792. The molecule has 0 aliphatic heterocycles. The number of nitrogens with one attached hydrogen (secondary N) is 2. The summed E-state index contributed by atoms with van der Waals surface area (Å²) >= 11 is 0. The lowest BCUT2D eigenvalue weighted by molar-refractivity contribution is -0.120. The van der Waals surface area contributed by atoms with Crippen LogP contribution in [0.4, 0.5) is 0 Å². The molecule has 4 heteroatoms. The minimum atomic E-state index is 0.0819. The molecule has 1 aromatic heterocycles. The summed E-state index contributed by atoms with van der Waals surface area (Å²) in [6.07, 6.45) is 6.37. The van der Waals surface area contributed by atoms with Crippen molar-refractivity contribution in [3.8, 4) is 0 Å². The van der Waals surface area contributed by atoms with Crippen molar-refractivity contribution in [2.75, 3.05) is 6.54 Å². The number of hydrogen-bond acceptors (Lipinski definition) is 3. The molecule has 0 atom stereocenters. The lowest BCUT2D eigenvalue weighted by Gasteiger charge is -2.11. The van der Waals surface area contributed by atoms with E-state index in [1.807, 2.05) is 12.1 Å². The molecule has 1 saturated carbocycles. The van der Waals surface area contributed by atoms with Gasteiger partial charge < -0.3 is 15.1 Å². The Morgan fingerprint density at radius 2 is 2.25 bits per heavy atom. The van der Waals surface area contributed by atoms with Crippen LogP contribution in [0, 0.1) is 0 Å². The van der Waals surface area contributed by atoms with Crippen LogP contribution in [0.2, 0.25) is 0 Å². The number of hydrogen-bond donors (Lipinski definition) is 2. The lowest BCUT2D eigenvalue weighted by atomic mass is 10.2. The number of carbonyl (C=O) groups excluding carboxylic acids is 1. The Morgan fingerprint density at radius 1 is 1.44 bits per heavy atom. The summed E-state index contributed by atoms with van der Waals surface area (Å²) in [6.45, 7) is 0.961. The highest BCUT2D eigenvalue weighted by molar-refractivity contribution is 5.78. The maximum Gasteiger partial charge on any atom is 0.234 e. The average molecular weight is 222 g/mol. The monoisotopic (exact) mass is 222 g/mol. The summed E-state index contributed by atoms with van der Waals surface area (Å²) in [5.41, 5.74) is 0. The van der Waals surface area contributed by atoms with Gasteiger partial charge in [0, 0.05) is 6.04 Å². The molecule has 2 N–H and O–H groups in total. The predicted molar refractivity (Wildman–Crippen MR) is 60.8 cm³/mol. The maximum atomic E-state index is 11.5. The number of amides is 1. The van der Waals surface area contributed by atoms with E-state index in [2.05, 4.69) is 10.6 Å². The minimum absolute atomic E-state index is 0.0819. The van der Waals surface area contributed by atoms with Gasteiger partial charge in [-0.2, -0.15) is 0 Å². The van der Waals surface area contributed by atoms with Crippen molar-refractivity contribution in [3.63, 3.8) is 0 Å². The third-order valence-corrected chi connectivity index (χ3v) is 2.89. The number of furan rings is 1. The fraction of sp³-hybridized carbons (Fsp3) is 0.583. The normalized spacial score (nSPS) is 16.5. The Morgan fingerprint density at radius 3 is 2.94 bits per heavy atom. The molecule has 4 nitrogen and oxygen atoms in total. The summed E-state index contributed by atoms with van der Waals surface area (Å²) in [6, 6.07) is 4.13. The first-order chi connectivity index (χ1) is 7.84. The van der Waals surface area contributed by atoms with Crippen molar-refractivity contribution in [3.05, 3.63) is 24.2 Å². The Hall–Kier alpha value is -1.29. The van der Waals surface area contributed by atoms with Gasteiger partial charge in [0.2, 0.25) is 5.91 Å². The molecule has 0 bridgehead atoms. The minimum Gasteiger partial charge on any atom is -0.468 e. The Balaban J connectivity index is 1.60. The van der Waals surface area contributed by atoms with Crippen molar-refractivity contribution >= 4 is 5.91 Å². The van der Waals surface area contributed by atoms with Gasteiger partial charge in [-0.05, 0) is 25.0 Å². The molecule has 1 aliphatic carbocycles. The van der Waals surface area contributed by atoms with Crippen molar-refractivity contribution in [1.29, 1.82) is 0 Å². The van der Waals surface area contributed by atoms with E-state index in [0.29, 0.717) is 19.1 Å². The van der Waals surface area contributed by atoms with Crippen LogP contribution in [-0.4, -0.2) is 18.5 Å². The van der Waals surface area contributed by atoms with E-state index in [-0.39, 0.29) is 5.91 Å². The van der Waals surface area contributed by atoms with Gasteiger partial charge in [0.1, 0.15) is 5.76 Å². The third kappa shape index (κ3) is 3.38. The highest BCUT2D eigenvalue weighted by Gasteiger charge is 2.16. The lowest BCUT2D eigenvalue weighted by Crippen LogP contribution is -2.38. The number of rotatable bonds is 5. The van der Waals surface area contributed by atoms with Crippen molar-refractivity contribution in [1.82, 2.24) is 10.6 Å². The van der Waals surface area contributed by atoms with Crippen LogP contribution in [-0.2, 0) is 11.3 Å². The molecule has 1 aliphatic rings. The van der Waals surface area contributed by atoms with E-state index in [4.69, 9.17) is 4.42 Å². The molecule has 0 unspecified atom stereocenters. The molecule has 88 valence electrons. The van der Waals surface area contributed by atoms with E-state index in [1.54, 1.807) is 6.26 Å². The first-order valence-electron chi connectivity index (χ1n) is 5.87. The molecular formula is C12H18N2O2. The molecule has 1 amide bonds. The van der Waals surface area contributed by atoms with Crippen LogP contribution in [0.15, 0.2) is 22.8 Å². The van der Waals surface area contributed by atoms with Gasteiger partial charge in [-0.1, -0.05) is 12.8 Å². The summed E-state index contributed by atoms with van der Waals surface area (Å²) in [7, 11) is 0. The van der Waals surface area contributed by atoms with Gasteiger partial charge in [-0.3, -0.25) is 4.79 Å². The topological polar surface area (TPSA) is 54.3 Å². The van der Waals surface area contributed by atoms with E-state index in [9.17, 15) is 4.79 Å². The summed E-state index contributed by atoms with van der Waals surface area (Å²) in [4.78, 5) is 11.5. The van der Waals surface area contributed by atoms with Crippen LogP contribution in [0.5, 0.6) is 0 Å². The number of carbonyl (C=O) groups is 1. The molecule has 1 aromatic rings. The van der Waals surface area contributed by atoms with Crippen molar-refractivity contribution < 1.29 is 9.21 Å². The van der Waals surface area contributed by atoms with Crippen LogP contribution in [0.25, 0.3) is 0 Å². The highest BCUT2D eigenvalue weighted by Crippen LogP contribution is 2.17. The standard InChI is InChI=1S/C12H18N2O2/c15-12(14-10-4-1-2-5-10)9-13-8-11-6-3-7-16-11/h3,6-7,10,13H,1-2,4-5,8-9H2,(H,14,15). The van der Waals surface area contributed by atoms with E-state index in [1.165, 1.54) is 12.8 Å². The molecule has 1 heterocycles. The third-order valence-electron chi connectivity index (χ3n) is 2.89. The highest BCUT2D eigenvalue weighted by atomic mass is 16.3. The Labute approximate surface area is 95.4 Å². The van der Waals surface area contributed by atoms with Crippen molar-refractivity contribution in [2.24, 2.45) is 0 Å². The van der Waals surface area contributed by atoms with Gasteiger partial charge in [0.25, 0.3) is 0 Å². The molecule has 0 radical (unpaired) electrons. The predicted octanol–water partition coefficient (Wildman–Crippen LogP) is 1.43. The molecular weight excluding hydrogens is 204 g/mol. The first-order valence-corrected chi connectivity index (χ1v) is 5.87. The second-order valence-electron chi connectivity index (χ2n) is 4.23. The molecule has 2 rings (SSSR count). The fourth-order valence-electron chi connectivity index (χ4n) is 2.06. The zero-order valence-electron chi connectivity index (χ0n) is 9.37. The Kier molecular flexibility index (Phi) is 3.99. The summed E-state index contributed by atoms with van der Waals surface area (Å²) in [5.74, 6) is 0.937. The molecule has 16 heavy (non-hydrogen) atoms. The van der Waals surface area contributed by atoms with E-state index >= 15 is 0 Å². The van der Waals surface area contributed by atoms with Crippen LogP contribution >= 0.6 is 0 Å². The van der Waals surface area contributed by atoms with Gasteiger partial charge >= 0.3 is 0 Å². The van der Waals surface area contributed by atoms with E-state index in [0.717, 1.165) is 18.6 Å². The van der Waals surface area contributed by atoms with E-state index < -0.39 is 0 Å². The second-order valence-corrected chi connectivity index (χ2v) is 4.23.